The largest absolute Gasteiger partial charge is 0.277 e. The minimum atomic E-state index is 1.09. The van der Waals surface area contributed by atoms with Crippen molar-refractivity contribution in [3.8, 4) is 0 Å². The van der Waals surface area contributed by atoms with Crippen LogP contribution in [0.1, 0.15) is 14.6 Å². The Morgan fingerprint density at radius 1 is 0.556 bits per heavy atom. The van der Waals surface area contributed by atoms with Gasteiger partial charge in [-0.3, -0.25) is 14.7 Å². The summed E-state index contributed by atoms with van der Waals surface area (Å²) in [6.07, 6.45) is 3.49. The van der Waals surface area contributed by atoms with Crippen LogP contribution in [0.15, 0.2) is 52.5 Å². The van der Waals surface area contributed by atoms with Crippen LogP contribution in [0.25, 0.3) is 0 Å². The molecule has 0 amide bonds. The maximum Gasteiger partial charge on any atom is 0.0530 e. The van der Waals surface area contributed by atoms with Gasteiger partial charge in [-0.25, -0.2) is 0 Å². The summed E-state index contributed by atoms with van der Waals surface area (Å²) in [4.78, 5) is 12.3. The standard InChI is InChI=1S/C21H27N3S3/c1-4-19(25-13-1)7-10-22-16-23(11-8-20-5-2-14-26-20)18-24(17-22)12-9-21-6-3-15-27-21/h1-6,13-15H,7-12,16-18H2. The second-order valence-corrected chi connectivity index (χ2v) is 10.2. The summed E-state index contributed by atoms with van der Waals surface area (Å²) in [6, 6.07) is 13.3. The Balaban J connectivity index is 1.32. The van der Waals surface area contributed by atoms with Crippen molar-refractivity contribution < 1.29 is 0 Å². The lowest BCUT2D eigenvalue weighted by Gasteiger charge is -2.42. The number of rotatable bonds is 9. The van der Waals surface area contributed by atoms with Crippen molar-refractivity contribution in [2.45, 2.75) is 19.3 Å². The smallest absolute Gasteiger partial charge is 0.0530 e. The number of nitrogens with zero attached hydrogens (tertiary/aromatic N) is 3. The highest BCUT2D eigenvalue weighted by atomic mass is 32.1. The predicted octanol–water partition coefficient (Wildman–Crippen LogP) is 4.69. The molecule has 1 fully saturated rings. The molecule has 0 N–H and O–H groups in total. The van der Waals surface area contributed by atoms with Gasteiger partial charge >= 0.3 is 0 Å². The molecule has 0 saturated carbocycles. The summed E-state index contributed by atoms with van der Waals surface area (Å²) < 4.78 is 0. The van der Waals surface area contributed by atoms with E-state index >= 15 is 0 Å². The van der Waals surface area contributed by atoms with E-state index in [1.54, 1.807) is 0 Å². The van der Waals surface area contributed by atoms with Crippen LogP contribution >= 0.6 is 34.0 Å². The molecule has 1 aliphatic rings. The molecule has 4 heterocycles. The minimum Gasteiger partial charge on any atom is -0.277 e. The summed E-state index contributed by atoms with van der Waals surface area (Å²) >= 11 is 5.64. The van der Waals surface area contributed by atoms with Gasteiger partial charge in [0.1, 0.15) is 0 Å². The Kier molecular flexibility index (Phi) is 7.12. The van der Waals surface area contributed by atoms with E-state index in [-0.39, 0.29) is 0 Å². The molecular weight excluding hydrogens is 390 g/mol. The number of hydrogen-bond donors (Lipinski definition) is 0. The zero-order valence-electron chi connectivity index (χ0n) is 15.6. The van der Waals surface area contributed by atoms with Crippen molar-refractivity contribution in [3.05, 3.63) is 67.2 Å². The van der Waals surface area contributed by atoms with E-state index in [2.05, 4.69) is 67.2 Å². The summed E-state index contributed by atoms with van der Waals surface area (Å²) in [5.41, 5.74) is 0. The average Bonchev–Trinajstić information content (AvgIpc) is 3.46. The molecule has 0 spiro atoms. The Hall–Kier alpha value is -1.02. The lowest BCUT2D eigenvalue weighted by molar-refractivity contribution is -0.0273. The molecule has 0 unspecified atom stereocenters. The van der Waals surface area contributed by atoms with Crippen molar-refractivity contribution in [2.75, 3.05) is 39.6 Å². The summed E-state index contributed by atoms with van der Waals surface area (Å²) in [5.74, 6) is 0. The topological polar surface area (TPSA) is 9.72 Å². The van der Waals surface area contributed by atoms with Gasteiger partial charge in [0, 0.05) is 34.3 Å². The minimum absolute atomic E-state index is 1.09. The Labute approximate surface area is 174 Å². The van der Waals surface area contributed by atoms with E-state index in [1.165, 1.54) is 14.6 Å². The van der Waals surface area contributed by atoms with E-state index in [1.807, 2.05) is 34.0 Å². The second-order valence-electron chi connectivity index (χ2n) is 7.10. The summed E-state index contributed by atoms with van der Waals surface area (Å²) in [6.45, 7) is 6.70. The van der Waals surface area contributed by atoms with Gasteiger partial charge in [0.15, 0.2) is 0 Å². The Morgan fingerprint density at radius 3 is 1.15 bits per heavy atom. The maximum atomic E-state index is 2.62. The van der Waals surface area contributed by atoms with Crippen molar-refractivity contribution in [3.63, 3.8) is 0 Å². The van der Waals surface area contributed by atoms with Gasteiger partial charge in [0.2, 0.25) is 0 Å². The lowest BCUT2D eigenvalue weighted by Crippen LogP contribution is -2.55. The van der Waals surface area contributed by atoms with Crippen LogP contribution in [0.4, 0.5) is 0 Å². The fourth-order valence-corrected chi connectivity index (χ4v) is 5.67. The zero-order chi connectivity index (χ0) is 18.3. The third-order valence-corrected chi connectivity index (χ3v) is 7.77. The molecule has 0 bridgehead atoms. The average molecular weight is 418 g/mol. The highest BCUT2D eigenvalue weighted by Gasteiger charge is 2.23. The predicted molar refractivity (Wildman–Crippen MR) is 119 cm³/mol. The molecule has 4 rings (SSSR count). The van der Waals surface area contributed by atoms with Gasteiger partial charge in [-0.05, 0) is 53.6 Å². The van der Waals surface area contributed by atoms with Gasteiger partial charge in [0.05, 0.1) is 20.0 Å². The number of hydrogen-bond acceptors (Lipinski definition) is 6. The van der Waals surface area contributed by atoms with Gasteiger partial charge in [0.25, 0.3) is 0 Å². The molecule has 27 heavy (non-hydrogen) atoms. The fraction of sp³-hybridized carbons (Fsp3) is 0.429. The zero-order valence-corrected chi connectivity index (χ0v) is 18.1. The molecule has 0 radical (unpaired) electrons. The van der Waals surface area contributed by atoms with Crippen molar-refractivity contribution in [2.24, 2.45) is 0 Å². The normalized spacial score (nSPS) is 16.9. The molecule has 3 aromatic rings. The summed E-state index contributed by atoms with van der Waals surface area (Å²) in [7, 11) is 0. The van der Waals surface area contributed by atoms with Gasteiger partial charge < -0.3 is 0 Å². The van der Waals surface area contributed by atoms with Crippen LogP contribution in [-0.4, -0.2) is 54.3 Å². The van der Waals surface area contributed by atoms with E-state index in [4.69, 9.17) is 0 Å². The van der Waals surface area contributed by atoms with Crippen LogP contribution < -0.4 is 0 Å². The molecule has 1 aliphatic heterocycles. The maximum absolute atomic E-state index is 2.62. The molecule has 0 aliphatic carbocycles. The highest BCUT2D eigenvalue weighted by molar-refractivity contribution is 7.10. The van der Waals surface area contributed by atoms with Crippen molar-refractivity contribution >= 4 is 34.0 Å². The Bertz CT molecular complexity index is 642. The first-order valence-electron chi connectivity index (χ1n) is 9.59. The first-order chi connectivity index (χ1) is 13.3. The summed E-state index contributed by atoms with van der Waals surface area (Å²) in [5, 5.41) is 6.56. The van der Waals surface area contributed by atoms with Crippen LogP contribution in [0.5, 0.6) is 0 Å². The van der Waals surface area contributed by atoms with Gasteiger partial charge in [-0.15, -0.1) is 34.0 Å². The second kappa shape index (κ2) is 9.96. The molecular formula is C21H27N3S3. The van der Waals surface area contributed by atoms with Crippen LogP contribution in [0, 0.1) is 0 Å². The van der Waals surface area contributed by atoms with E-state index in [0.29, 0.717) is 0 Å². The Morgan fingerprint density at radius 2 is 0.889 bits per heavy atom. The molecule has 3 aromatic heterocycles. The van der Waals surface area contributed by atoms with E-state index < -0.39 is 0 Å². The van der Waals surface area contributed by atoms with Crippen LogP contribution in [-0.2, 0) is 19.3 Å². The van der Waals surface area contributed by atoms with Crippen LogP contribution in [0.2, 0.25) is 0 Å². The van der Waals surface area contributed by atoms with Crippen molar-refractivity contribution in [1.29, 1.82) is 0 Å². The third-order valence-electron chi connectivity index (χ3n) is 4.96. The van der Waals surface area contributed by atoms with Crippen LogP contribution in [0.3, 0.4) is 0 Å². The highest BCUT2D eigenvalue weighted by Crippen LogP contribution is 2.16. The quantitative estimate of drug-likeness (QED) is 0.500. The first-order valence-corrected chi connectivity index (χ1v) is 12.2. The third kappa shape index (κ3) is 5.98. The van der Waals surface area contributed by atoms with Gasteiger partial charge in [-0.2, -0.15) is 0 Å². The van der Waals surface area contributed by atoms with E-state index in [9.17, 15) is 0 Å². The van der Waals surface area contributed by atoms with Crippen molar-refractivity contribution in [1.82, 2.24) is 14.7 Å². The molecule has 0 aromatic carbocycles. The SMILES string of the molecule is c1csc(CCN2CN(CCc3cccs3)CN(CCc3cccs3)C2)c1. The molecule has 6 heteroatoms. The fourth-order valence-electron chi connectivity index (χ4n) is 3.58. The number of thiophene rings is 3. The molecule has 3 nitrogen and oxygen atoms in total. The molecule has 144 valence electrons. The van der Waals surface area contributed by atoms with Gasteiger partial charge in [-0.1, -0.05) is 18.2 Å². The lowest BCUT2D eigenvalue weighted by atomic mass is 10.3. The monoisotopic (exact) mass is 417 g/mol. The van der Waals surface area contributed by atoms with E-state index in [0.717, 1.165) is 58.9 Å². The first kappa shape index (κ1) is 19.3. The molecule has 1 saturated heterocycles. The molecule has 0 atom stereocenters.